The normalized spacial score (nSPS) is 11.1. The van der Waals surface area contributed by atoms with Gasteiger partial charge in [0.2, 0.25) is 0 Å². The molecule has 0 heterocycles. The average Bonchev–Trinajstić information content (AvgIpc) is 2.38. The van der Waals surface area contributed by atoms with Gasteiger partial charge in [-0.3, -0.25) is 4.79 Å². The minimum Gasteiger partial charge on any atom is -0.399 e. The highest BCUT2D eigenvalue weighted by molar-refractivity contribution is 7.90. The van der Waals surface area contributed by atoms with E-state index in [1.54, 1.807) is 36.4 Å². The van der Waals surface area contributed by atoms with E-state index in [-0.39, 0.29) is 10.8 Å². The van der Waals surface area contributed by atoms with Crippen molar-refractivity contribution < 1.29 is 13.2 Å². The summed E-state index contributed by atoms with van der Waals surface area (Å²) in [5.41, 5.74) is 6.93. The first-order valence-corrected chi connectivity index (χ1v) is 7.72. The SMILES string of the molecule is CS(=O)(=O)c1cccc(NC(=O)c2cccc(N)c2)c1. The van der Waals surface area contributed by atoms with Crippen molar-refractivity contribution in [1.29, 1.82) is 0 Å². The Hall–Kier alpha value is -2.34. The largest absolute Gasteiger partial charge is 0.399 e. The van der Waals surface area contributed by atoms with Crippen LogP contribution in [0.15, 0.2) is 53.4 Å². The van der Waals surface area contributed by atoms with Crippen LogP contribution in [0.25, 0.3) is 0 Å². The molecule has 104 valence electrons. The van der Waals surface area contributed by atoms with E-state index in [1.807, 2.05) is 0 Å². The highest BCUT2D eigenvalue weighted by Crippen LogP contribution is 2.16. The zero-order valence-corrected chi connectivity index (χ0v) is 11.6. The first-order chi connectivity index (χ1) is 9.36. The summed E-state index contributed by atoms with van der Waals surface area (Å²) in [5.74, 6) is -0.344. The molecule has 1 amide bonds. The number of amides is 1. The molecule has 0 fully saturated rings. The van der Waals surface area contributed by atoms with Gasteiger partial charge in [-0.1, -0.05) is 12.1 Å². The molecular weight excluding hydrogens is 276 g/mol. The van der Waals surface area contributed by atoms with Crippen LogP contribution >= 0.6 is 0 Å². The van der Waals surface area contributed by atoms with E-state index in [9.17, 15) is 13.2 Å². The Morgan fingerprint density at radius 2 is 1.80 bits per heavy atom. The molecule has 0 unspecified atom stereocenters. The van der Waals surface area contributed by atoms with E-state index >= 15 is 0 Å². The van der Waals surface area contributed by atoms with Crippen LogP contribution in [0, 0.1) is 0 Å². The lowest BCUT2D eigenvalue weighted by atomic mass is 10.2. The van der Waals surface area contributed by atoms with Crippen molar-refractivity contribution in [1.82, 2.24) is 0 Å². The van der Waals surface area contributed by atoms with Crippen molar-refractivity contribution in [2.75, 3.05) is 17.3 Å². The number of hydrogen-bond donors (Lipinski definition) is 2. The second-order valence-electron chi connectivity index (χ2n) is 4.38. The Kier molecular flexibility index (Phi) is 3.76. The van der Waals surface area contributed by atoms with Crippen LogP contribution in [-0.2, 0) is 9.84 Å². The van der Waals surface area contributed by atoms with Gasteiger partial charge < -0.3 is 11.1 Å². The molecule has 6 heteroatoms. The molecule has 5 nitrogen and oxygen atoms in total. The van der Waals surface area contributed by atoms with E-state index in [0.29, 0.717) is 16.9 Å². The van der Waals surface area contributed by atoms with E-state index in [0.717, 1.165) is 6.26 Å². The highest BCUT2D eigenvalue weighted by Gasteiger charge is 2.10. The second-order valence-corrected chi connectivity index (χ2v) is 6.40. The van der Waals surface area contributed by atoms with Crippen LogP contribution in [-0.4, -0.2) is 20.6 Å². The van der Waals surface area contributed by atoms with Gasteiger partial charge in [0.15, 0.2) is 9.84 Å². The number of nitrogen functional groups attached to an aromatic ring is 1. The number of anilines is 2. The first kappa shape index (κ1) is 14.1. The van der Waals surface area contributed by atoms with Crippen molar-refractivity contribution in [3.05, 3.63) is 54.1 Å². The van der Waals surface area contributed by atoms with Gasteiger partial charge in [0.25, 0.3) is 5.91 Å². The topological polar surface area (TPSA) is 89.3 Å². The van der Waals surface area contributed by atoms with Crippen LogP contribution in [0.4, 0.5) is 11.4 Å². The Bertz CT molecular complexity index is 755. The molecule has 0 aromatic heterocycles. The van der Waals surface area contributed by atoms with Gasteiger partial charge in [0, 0.05) is 23.2 Å². The number of carbonyl (C=O) groups excluding carboxylic acids is 1. The molecule has 0 aliphatic carbocycles. The third-order valence-corrected chi connectivity index (χ3v) is 3.78. The van der Waals surface area contributed by atoms with Gasteiger partial charge >= 0.3 is 0 Å². The van der Waals surface area contributed by atoms with E-state index < -0.39 is 9.84 Å². The number of benzene rings is 2. The summed E-state index contributed by atoms with van der Waals surface area (Å²) in [7, 11) is -3.30. The average molecular weight is 290 g/mol. The van der Waals surface area contributed by atoms with Crippen molar-refractivity contribution in [2.24, 2.45) is 0 Å². The van der Waals surface area contributed by atoms with E-state index in [1.165, 1.54) is 12.1 Å². The maximum absolute atomic E-state index is 12.0. The lowest BCUT2D eigenvalue weighted by Crippen LogP contribution is -2.12. The molecule has 2 rings (SSSR count). The van der Waals surface area contributed by atoms with Gasteiger partial charge in [-0.25, -0.2) is 8.42 Å². The van der Waals surface area contributed by atoms with Crippen LogP contribution in [0.5, 0.6) is 0 Å². The molecule has 0 aliphatic rings. The predicted molar refractivity (Wildman–Crippen MR) is 78.4 cm³/mol. The zero-order chi connectivity index (χ0) is 14.8. The third-order valence-electron chi connectivity index (χ3n) is 2.67. The molecule has 20 heavy (non-hydrogen) atoms. The minimum absolute atomic E-state index is 0.155. The molecule has 0 saturated heterocycles. The number of carbonyl (C=O) groups is 1. The smallest absolute Gasteiger partial charge is 0.255 e. The number of nitrogens with one attached hydrogen (secondary N) is 1. The number of sulfone groups is 1. The summed E-state index contributed by atoms with van der Waals surface area (Å²) >= 11 is 0. The molecule has 0 spiro atoms. The Morgan fingerprint density at radius 3 is 2.45 bits per heavy atom. The highest BCUT2D eigenvalue weighted by atomic mass is 32.2. The molecular formula is C14H14N2O3S. The molecule has 2 aromatic carbocycles. The lowest BCUT2D eigenvalue weighted by molar-refractivity contribution is 0.102. The van der Waals surface area contributed by atoms with Gasteiger partial charge in [0.1, 0.15) is 0 Å². The van der Waals surface area contributed by atoms with Gasteiger partial charge in [-0.05, 0) is 36.4 Å². The molecule has 3 N–H and O–H groups in total. The van der Waals surface area contributed by atoms with Gasteiger partial charge in [0.05, 0.1) is 4.90 Å². The number of rotatable bonds is 3. The predicted octanol–water partition coefficient (Wildman–Crippen LogP) is 1.92. The number of hydrogen-bond acceptors (Lipinski definition) is 4. The zero-order valence-electron chi connectivity index (χ0n) is 10.8. The maximum Gasteiger partial charge on any atom is 0.255 e. The van der Waals surface area contributed by atoms with Crippen molar-refractivity contribution in [3.63, 3.8) is 0 Å². The van der Waals surface area contributed by atoms with Crippen molar-refractivity contribution >= 4 is 27.1 Å². The fourth-order valence-corrected chi connectivity index (χ4v) is 2.35. The van der Waals surface area contributed by atoms with Crippen molar-refractivity contribution in [2.45, 2.75) is 4.90 Å². The summed E-state index contributed by atoms with van der Waals surface area (Å²) < 4.78 is 22.9. The second kappa shape index (κ2) is 5.34. The van der Waals surface area contributed by atoms with E-state index in [4.69, 9.17) is 5.73 Å². The van der Waals surface area contributed by atoms with Crippen molar-refractivity contribution in [3.8, 4) is 0 Å². The molecule has 0 bridgehead atoms. The fourth-order valence-electron chi connectivity index (χ4n) is 1.69. The fraction of sp³-hybridized carbons (Fsp3) is 0.0714. The van der Waals surface area contributed by atoms with Crippen LogP contribution < -0.4 is 11.1 Å². The van der Waals surface area contributed by atoms with E-state index in [2.05, 4.69) is 5.32 Å². The summed E-state index contributed by atoms with van der Waals surface area (Å²) in [5, 5.41) is 2.64. The van der Waals surface area contributed by atoms with Crippen LogP contribution in [0.1, 0.15) is 10.4 Å². The molecule has 0 saturated carbocycles. The van der Waals surface area contributed by atoms with Gasteiger partial charge in [-0.2, -0.15) is 0 Å². The molecule has 2 aromatic rings. The monoisotopic (exact) mass is 290 g/mol. The maximum atomic E-state index is 12.0. The Labute approximate surface area is 117 Å². The summed E-state index contributed by atoms with van der Waals surface area (Å²) in [6, 6.07) is 12.6. The molecule has 0 atom stereocenters. The quantitative estimate of drug-likeness (QED) is 0.845. The lowest BCUT2D eigenvalue weighted by Gasteiger charge is -2.07. The molecule has 0 aliphatic heterocycles. The standard InChI is InChI=1S/C14H14N2O3S/c1-20(18,19)13-7-3-6-12(9-13)16-14(17)10-4-2-5-11(15)8-10/h2-9H,15H2,1H3,(H,16,17). The number of nitrogens with two attached hydrogens (primary N) is 1. The summed E-state index contributed by atoms with van der Waals surface area (Å²) in [6.07, 6.45) is 1.12. The minimum atomic E-state index is -3.30. The molecule has 0 radical (unpaired) electrons. The summed E-state index contributed by atoms with van der Waals surface area (Å²) in [6.45, 7) is 0. The van der Waals surface area contributed by atoms with Crippen LogP contribution in [0.3, 0.4) is 0 Å². The first-order valence-electron chi connectivity index (χ1n) is 5.83. The van der Waals surface area contributed by atoms with Crippen LogP contribution in [0.2, 0.25) is 0 Å². The Balaban J connectivity index is 2.25. The third kappa shape index (κ3) is 3.36. The Morgan fingerprint density at radius 1 is 1.10 bits per heavy atom. The van der Waals surface area contributed by atoms with Gasteiger partial charge in [-0.15, -0.1) is 0 Å². The summed E-state index contributed by atoms with van der Waals surface area (Å²) in [4.78, 5) is 12.2.